The van der Waals surface area contributed by atoms with Gasteiger partial charge < -0.3 is 5.32 Å². The van der Waals surface area contributed by atoms with Crippen molar-refractivity contribution in [1.29, 1.82) is 0 Å². The number of hydrogen-bond donors (Lipinski definition) is 1. The largest absolute Gasteiger partial charge is 0.355 e. The van der Waals surface area contributed by atoms with Gasteiger partial charge in [0.05, 0.1) is 0 Å². The molecule has 0 heterocycles. The molecule has 1 N–H and O–H groups in total. The van der Waals surface area contributed by atoms with Gasteiger partial charge in [-0.1, -0.05) is 73.2 Å². The van der Waals surface area contributed by atoms with Crippen LogP contribution in [0.1, 0.15) is 43.7 Å². The lowest BCUT2D eigenvalue weighted by molar-refractivity contribution is 0.285. The minimum atomic E-state index is 0.0372. The van der Waals surface area contributed by atoms with Crippen molar-refractivity contribution in [3.05, 3.63) is 95.6 Å². The van der Waals surface area contributed by atoms with Gasteiger partial charge in [0, 0.05) is 16.8 Å². The zero-order chi connectivity index (χ0) is 19.4. The number of hydrogen-bond acceptors (Lipinski definition) is 1. The molecule has 0 aromatic heterocycles. The van der Waals surface area contributed by atoms with Crippen LogP contribution in [0.4, 0.5) is 11.4 Å². The highest BCUT2D eigenvalue weighted by molar-refractivity contribution is 5.89. The van der Waals surface area contributed by atoms with Crippen LogP contribution in [-0.4, -0.2) is 0 Å². The van der Waals surface area contributed by atoms with E-state index in [9.17, 15) is 0 Å². The van der Waals surface area contributed by atoms with Crippen molar-refractivity contribution in [2.75, 3.05) is 5.32 Å². The summed E-state index contributed by atoms with van der Waals surface area (Å²) in [5, 5.41) is 3.77. The van der Waals surface area contributed by atoms with Crippen LogP contribution in [0.2, 0.25) is 0 Å². The van der Waals surface area contributed by atoms with Crippen molar-refractivity contribution in [3.8, 4) is 11.1 Å². The standard InChI is InChI=1S/C28H27N/c1-19-16-20-14-15-28(21(17-19)18-20)25-12-6-5-10-23(25)24-11-7-13-26(27(24)28)29-22-8-3-2-4-9-22/h2-13,17,19-20,29H,14-16,18H2,1H3. The van der Waals surface area contributed by atoms with E-state index in [1.807, 2.05) is 0 Å². The highest BCUT2D eigenvalue weighted by atomic mass is 14.9. The Morgan fingerprint density at radius 3 is 2.55 bits per heavy atom. The van der Waals surface area contributed by atoms with Crippen molar-refractivity contribution >= 4 is 11.4 Å². The van der Waals surface area contributed by atoms with E-state index in [2.05, 4.69) is 91.1 Å². The summed E-state index contributed by atoms with van der Waals surface area (Å²) < 4.78 is 0. The molecule has 3 aliphatic carbocycles. The molecule has 1 nitrogen and oxygen atoms in total. The second-order valence-corrected chi connectivity index (χ2v) is 9.18. The molecule has 1 fully saturated rings. The van der Waals surface area contributed by atoms with Gasteiger partial charge in [-0.2, -0.15) is 0 Å². The van der Waals surface area contributed by atoms with Crippen molar-refractivity contribution in [1.82, 2.24) is 0 Å². The third-order valence-electron chi connectivity index (χ3n) is 7.40. The summed E-state index contributed by atoms with van der Waals surface area (Å²) in [4.78, 5) is 0. The van der Waals surface area contributed by atoms with Crippen LogP contribution in [-0.2, 0) is 5.41 Å². The molecule has 1 saturated carbocycles. The van der Waals surface area contributed by atoms with Crippen LogP contribution in [0, 0.1) is 11.8 Å². The van der Waals surface area contributed by atoms with E-state index in [0.29, 0.717) is 5.92 Å². The number of rotatable bonds is 2. The molecule has 3 aliphatic rings. The molecule has 0 aliphatic heterocycles. The first kappa shape index (κ1) is 17.1. The van der Waals surface area contributed by atoms with Gasteiger partial charge in [-0.05, 0) is 78.0 Å². The van der Waals surface area contributed by atoms with Crippen molar-refractivity contribution in [3.63, 3.8) is 0 Å². The fourth-order valence-electron chi connectivity index (χ4n) is 6.35. The first-order valence-corrected chi connectivity index (χ1v) is 11.0. The van der Waals surface area contributed by atoms with E-state index in [1.165, 1.54) is 53.6 Å². The molecule has 1 spiro atoms. The quantitative estimate of drug-likeness (QED) is 0.457. The highest BCUT2D eigenvalue weighted by Gasteiger charge is 2.50. The average molecular weight is 378 g/mol. The zero-order valence-corrected chi connectivity index (χ0v) is 17.0. The fraction of sp³-hybridized carbons (Fsp3) is 0.286. The summed E-state index contributed by atoms with van der Waals surface area (Å²) in [6.45, 7) is 2.40. The molecule has 3 atom stereocenters. The van der Waals surface area contributed by atoms with Gasteiger partial charge in [0.25, 0.3) is 0 Å². The maximum absolute atomic E-state index is 3.77. The van der Waals surface area contributed by atoms with Gasteiger partial charge >= 0.3 is 0 Å². The van der Waals surface area contributed by atoms with Crippen molar-refractivity contribution < 1.29 is 0 Å². The third kappa shape index (κ3) is 2.46. The van der Waals surface area contributed by atoms with Crippen LogP contribution in [0.25, 0.3) is 11.1 Å². The normalized spacial score (nSPS) is 26.6. The molecule has 0 radical (unpaired) electrons. The summed E-state index contributed by atoms with van der Waals surface area (Å²) in [5.41, 5.74) is 10.0. The second kappa shape index (κ2) is 6.35. The number of nitrogens with one attached hydrogen (secondary N) is 1. The lowest BCUT2D eigenvalue weighted by Crippen LogP contribution is -2.37. The monoisotopic (exact) mass is 377 g/mol. The second-order valence-electron chi connectivity index (χ2n) is 9.18. The minimum Gasteiger partial charge on any atom is -0.355 e. The Hall–Kier alpha value is -2.80. The molecule has 0 amide bonds. The summed E-state index contributed by atoms with van der Waals surface area (Å²) in [6.07, 6.45) is 7.79. The van der Waals surface area contributed by atoms with E-state index >= 15 is 0 Å². The van der Waals surface area contributed by atoms with Crippen LogP contribution in [0.3, 0.4) is 0 Å². The van der Waals surface area contributed by atoms with Gasteiger partial charge in [0.15, 0.2) is 0 Å². The van der Waals surface area contributed by atoms with E-state index in [0.717, 1.165) is 11.6 Å². The number of para-hydroxylation sites is 1. The lowest BCUT2D eigenvalue weighted by Gasteiger charge is -2.46. The molecular weight excluding hydrogens is 350 g/mol. The molecule has 1 heteroatoms. The molecule has 0 saturated heterocycles. The number of fused-ring (bicyclic) bond motifs is 8. The van der Waals surface area contributed by atoms with E-state index in [4.69, 9.17) is 0 Å². The predicted octanol–water partition coefficient (Wildman–Crippen LogP) is 7.46. The SMILES string of the molecule is CC1C=C2CC(CCC23c2ccccc2-c2cccc(Nc4ccccc4)c23)C1. The van der Waals surface area contributed by atoms with Gasteiger partial charge in [0.2, 0.25) is 0 Å². The molecule has 3 aromatic carbocycles. The van der Waals surface area contributed by atoms with Gasteiger partial charge in [-0.15, -0.1) is 0 Å². The van der Waals surface area contributed by atoms with E-state index in [1.54, 1.807) is 5.57 Å². The summed E-state index contributed by atoms with van der Waals surface area (Å²) >= 11 is 0. The average Bonchev–Trinajstić information content (AvgIpc) is 3.04. The molecule has 29 heavy (non-hydrogen) atoms. The maximum Gasteiger partial charge on any atom is 0.0444 e. The summed E-state index contributed by atoms with van der Waals surface area (Å²) in [5.74, 6) is 1.55. The van der Waals surface area contributed by atoms with Crippen LogP contribution >= 0.6 is 0 Å². The number of benzene rings is 3. The molecule has 144 valence electrons. The topological polar surface area (TPSA) is 12.0 Å². The molecular formula is C28H27N. The number of anilines is 2. The van der Waals surface area contributed by atoms with E-state index < -0.39 is 0 Å². The molecule has 2 bridgehead atoms. The Bertz CT molecular complexity index is 1110. The summed E-state index contributed by atoms with van der Waals surface area (Å²) in [6, 6.07) is 26.6. The van der Waals surface area contributed by atoms with Crippen LogP contribution < -0.4 is 5.32 Å². The van der Waals surface area contributed by atoms with Crippen LogP contribution in [0.5, 0.6) is 0 Å². The smallest absolute Gasteiger partial charge is 0.0444 e. The number of allylic oxidation sites excluding steroid dienone is 2. The van der Waals surface area contributed by atoms with E-state index in [-0.39, 0.29) is 5.41 Å². The zero-order valence-electron chi connectivity index (χ0n) is 17.0. The molecule has 3 aromatic rings. The Morgan fingerprint density at radius 2 is 1.66 bits per heavy atom. The van der Waals surface area contributed by atoms with Gasteiger partial charge in [-0.3, -0.25) is 0 Å². The Kier molecular flexibility index (Phi) is 3.74. The Labute approximate surface area is 173 Å². The fourth-order valence-corrected chi connectivity index (χ4v) is 6.35. The minimum absolute atomic E-state index is 0.0372. The molecule has 6 rings (SSSR count). The Balaban J connectivity index is 1.61. The van der Waals surface area contributed by atoms with Crippen molar-refractivity contribution in [2.45, 2.75) is 38.0 Å². The highest BCUT2D eigenvalue weighted by Crippen LogP contribution is 2.62. The third-order valence-corrected chi connectivity index (χ3v) is 7.40. The summed E-state index contributed by atoms with van der Waals surface area (Å²) in [7, 11) is 0. The van der Waals surface area contributed by atoms with Crippen molar-refractivity contribution in [2.24, 2.45) is 11.8 Å². The molecule has 3 unspecified atom stereocenters. The first-order valence-electron chi connectivity index (χ1n) is 11.0. The maximum atomic E-state index is 3.77. The van der Waals surface area contributed by atoms with Crippen LogP contribution in [0.15, 0.2) is 84.4 Å². The predicted molar refractivity (Wildman–Crippen MR) is 122 cm³/mol. The van der Waals surface area contributed by atoms with Gasteiger partial charge in [-0.25, -0.2) is 0 Å². The lowest BCUT2D eigenvalue weighted by atomic mass is 9.58. The Morgan fingerprint density at radius 1 is 0.862 bits per heavy atom. The first-order chi connectivity index (χ1) is 14.3. The van der Waals surface area contributed by atoms with Gasteiger partial charge in [0.1, 0.15) is 0 Å².